The zero-order valence-electron chi connectivity index (χ0n) is 33.5. The lowest BCUT2D eigenvalue weighted by atomic mass is 9.83. The third kappa shape index (κ3) is 6.30. The first kappa shape index (κ1) is 35.1. The van der Waals surface area contributed by atoms with Crippen LogP contribution in [0.25, 0.3) is 94.4 Å². The van der Waals surface area contributed by atoms with Crippen molar-refractivity contribution in [3.8, 4) is 61.8 Å². The molecule has 1 aliphatic carbocycles. The topological polar surface area (TPSA) is 30.7 Å². The third-order valence-electron chi connectivity index (χ3n) is 12.5. The minimum absolute atomic E-state index is 0.737. The largest absolute Gasteiger partial charge is 0.309 e. The molecule has 0 saturated carbocycles. The van der Waals surface area contributed by atoms with E-state index in [2.05, 4.69) is 193 Å². The van der Waals surface area contributed by atoms with Crippen LogP contribution in [-0.2, 0) is 12.8 Å². The molecule has 0 atom stereocenters. The van der Waals surface area contributed by atoms with Crippen LogP contribution in [0.15, 0.2) is 212 Å². The number of fused-ring (bicyclic) bond motifs is 6. The molecule has 0 amide bonds. The Balaban J connectivity index is 0.923. The lowest BCUT2D eigenvalue weighted by Gasteiger charge is -2.22. The number of nitrogens with zero attached hydrogens (tertiary/aromatic N) is 3. The van der Waals surface area contributed by atoms with E-state index in [1.165, 1.54) is 82.8 Å². The van der Waals surface area contributed by atoms with Crippen molar-refractivity contribution in [3.05, 3.63) is 235 Å². The van der Waals surface area contributed by atoms with Gasteiger partial charge in [-0.1, -0.05) is 164 Å². The van der Waals surface area contributed by atoms with Crippen molar-refractivity contribution in [2.45, 2.75) is 12.8 Å². The van der Waals surface area contributed by atoms with Gasteiger partial charge in [-0.05, 0) is 117 Å². The van der Waals surface area contributed by atoms with Gasteiger partial charge in [-0.25, -0.2) is 9.97 Å². The lowest BCUT2D eigenvalue weighted by molar-refractivity contribution is 1.01. The maximum atomic E-state index is 5.12. The number of aromatic nitrogens is 3. The van der Waals surface area contributed by atoms with E-state index in [1.54, 1.807) is 0 Å². The Labute approximate surface area is 354 Å². The van der Waals surface area contributed by atoms with Gasteiger partial charge in [0.25, 0.3) is 0 Å². The normalized spacial score (nSPS) is 12.1. The molecule has 0 saturated heterocycles. The van der Waals surface area contributed by atoms with Gasteiger partial charge in [0.1, 0.15) is 0 Å². The van der Waals surface area contributed by atoms with Crippen LogP contribution in [-0.4, -0.2) is 14.5 Å². The van der Waals surface area contributed by atoms with Crippen molar-refractivity contribution >= 4 is 32.6 Å². The summed E-state index contributed by atoms with van der Waals surface area (Å²) >= 11 is 0. The van der Waals surface area contributed by atoms with Crippen LogP contribution in [0.1, 0.15) is 22.3 Å². The summed E-state index contributed by atoms with van der Waals surface area (Å²) in [7, 11) is 0. The van der Waals surface area contributed by atoms with E-state index in [-0.39, 0.29) is 0 Å². The van der Waals surface area contributed by atoms with E-state index >= 15 is 0 Å². The quantitative estimate of drug-likeness (QED) is 0.168. The molecule has 12 rings (SSSR count). The van der Waals surface area contributed by atoms with Crippen LogP contribution >= 0.6 is 0 Å². The predicted molar refractivity (Wildman–Crippen MR) is 253 cm³/mol. The molecule has 0 N–H and O–H groups in total. The molecular formula is C58H39N3. The van der Waals surface area contributed by atoms with E-state index in [9.17, 15) is 0 Å². The SMILES string of the molecule is c1ccc(-c2ccc3c(c2)c2cc(-c4ccccc4)ccc2n3-c2ccc3cc4c(cc3c2)Cc2ccc(-c3cc(-c5ccccc5)nc(-c5ccccc5)n3)cc2C4)cc1. The fourth-order valence-electron chi connectivity index (χ4n) is 9.37. The van der Waals surface area contributed by atoms with E-state index in [4.69, 9.17) is 9.97 Å². The van der Waals surface area contributed by atoms with E-state index in [0.29, 0.717) is 0 Å². The summed E-state index contributed by atoms with van der Waals surface area (Å²) in [6.07, 6.45) is 1.79. The molecule has 2 heterocycles. The van der Waals surface area contributed by atoms with Crippen molar-refractivity contribution in [2.75, 3.05) is 0 Å². The van der Waals surface area contributed by atoms with Gasteiger partial charge in [-0.15, -0.1) is 0 Å². The molecule has 11 aromatic rings. The van der Waals surface area contributed by atoms with Crippen LogP contribution in [0.3, 0.4) is 0 Å². The summed E-state index contributed by atoms with van der Waals surface area (Å²) in [5.74, 6) is 0.737. The summed E-state index contributed by atoms with van der Waals surface area (Å²) in [5.41, 5.74) is 19.1. The lowest BCUT2D eigenvalue weighted by Crippen LogP contribution is -2.08. The van der Waals surface area contributed by atoms with Crippen LogP contribution in [0.4, 0.5) is 0 Å². The smallest absolute Gasteiger partial charge is 0.160 e. The Morgan fingerprint density at radius 1 is 0.311 bits per heavy atom. The maximum Gasteiger partial charge on any atom is 0.160 e. The molecule has 0 unspecified atom stereocenters. The Hall–Kier alpha value is -7.88. The maximum absolute atomic E-state index is 5.12. The highest BCUT2D eigenvalue weighted by Crippen LogP contribution is 2.39. The minimum atomic E-state index is 0.737. The zero-order chi connectivity index (χ0) is 40.3. The van der Waals surface area contributed by atoms with E-state index in [1.807, 2.05) is 24.3 Å². The van der Waals surface area contributed by atoms with Gasteiger partial charge < -0.3 is 4.57 Å². The van der Waals surface area contributed by atoms with E-state index in [0.717, 1.165) is 46.7 Å². The van der Waals surface area contributed by atoms with Crippen LogP contribution in [0, 0.1) is 0 Å². The monoisotopic (exact) mass is 777 g/mol. The van der Waals surface area contributed by atoms with Crippen molar-refractivity contribution in [2.24, 2.45) is 0 Å². The molecule has 61 heavy (non-hydrogen) atoms. The average Bonchev–Trinajstić information content (AvgIpc) is 3.66. The Bertz CT molecular complexity index is 3290. The van der Waals surface area contributed by atoms with Crippen molar-refractivity contribution in [1.29, 1.82) is 0 Å². The fraction of sp³-hybridized carbons (Fsp3) is 0.0345. The highest BCUT2D eigenvalue weighted by Gasteiger charge is 2.20. The van der Waals surface area contributed by atoms with Gasteiger partial charge in [-0.2, -0.15) is 0 Å². The second-order valence-electron chi connectivity index (χ2n) is 16.2. The summed E-state index contributed by atoms with van der Waals surface area (Å²) < 4.78 is 2.45. The van der Waals surface area contributed by atoms with Gasteiger partial charge in [0, 0.05) is 33.2 Å². The molecular weight excluding hydrogens is 739 g/mol. The average molecular weight is 778 g/mol. The summed E-state index contributed by atoms with van der Waals surface area (Å²) in [6, 6.07) is 76.8. The standard InChI is InChI=1S/C58H39N3/c1-5-13-38(14-6-1)44-24-27-56-52(35-44)53-36-45(39-15-7-2-8-16-39)25-28-57(53)61(56)51-26-23-43-30-48-32-47-31-46(22-21-42(47)29-49(48)33-50(43)34-51)55-37-54(40-17-9-3-10-18-40)59-58(60-55)41-19-11-4-12-20-41/h1-28,30-31,33-37H,29,32H2. The first-order valence-electron chi connectivity index (χ1n) is 21.1. The summed E-state index contributed by atoms with van der Waals surface area (Å²) in [4.78, 5) is 10.1. The van der Waals surface area contributed by atoms with Gasteiger partial charge in [-0.3, -0.25) is 0 Å². The van der Waals surface area contributed by atoms with Gasteiger partial charge in [0.2, 0.25) is 0 Å². The Kier molecular flexibility index (Phi) is 8.31. The predicted octanol–water partition coefficient (Wildman–Crippen LogP) is 14.6. The molecule has 0 fully saturated rings. The Morgan fingerprint density at radius 3 is 1.41 bits per heavy atom. The number of hydrogen-bond donors (Lipinski definition) is 0. The molecule has 0 bridgehead atoms. The summed E-state index contributed by atoms with van der Waals surface area (Å²) in [5, 5.41) is 5.03. The highest BCUT2D eigenvalue weighted by molar-refractivity contribution is 6.12. The second-order valence-corrected chi connectivity index (χ2v) is 16.2. The van der Waals surface area contributed by atoms with Crippen molar-refractivity contribution in [3.63, 3.8) is 0 Å². The number of rotatable bonds is 6. The second kappa shape index (κ2) is 14.4. The molecule has 0 radical (unpaired) electrons. The molecule has 0 spiro atoms. The van der Waals surface area contributed by atoms with E-state index < -0.39 is 0 Å². The first-order chi connectivity index (χ1) is 30.2. The fourth-order valence-corrected chi connectivity index (χ4v) is 9.37. The van der Waals surface area contributed by atoms with Crippen LogP contribution < -0.4 is 0 Å². The number of hydrogen-bond acceptors (Lipinski definition) is 2. The van der Waals surface area contributed by atoms with Crippen LogP contribution in [0.2, 0.25) is 0 Å². The molecule has 2 aromatic heterocycles. The molecule has 9 aromatic carbocycles. The molecule has 3 nitrogen and oxygen atoms in total. The van der Waals surface area contributed by atoms with Gasteiger partial charge >= 0.3 is 0 Å². The summed E-state index contributed by atoms with van der Waals surface area (Å²) in [6.45, 7) is 0. The molecule has 3 heteroatoms. The first-order valence-corrected chi connectivity index (χ1v) is 21.1. The van der Waals surface area contributed by atoms with Gasteiger partial charge in [0.15, 0.2) is 5.82 Å². The van der Waals surface area contributed by atoms with Crippen LogP contribution in [0.5, 0.6) is 0 Å². The molecule has 1 aliphatic rings. The minimum Gasteiger partial charge on any atom is -0.309 e. The third-order valence-corrected chi connectivity index (χ3v) is 12.5. The molecule has 0 aliphatic heterocycles. The van der Waals surface area contributed by atoms with Crippen molar-refractivity contribution < 1.29 is 0 Å². The zero-order valence-corrected chi connectivity index (χ0v) is 33.5. The number of benzene rings is 9. The highest BCUT2D eigenvalue weighted by atomic mass is 15.0. The molecule has 286 valence electrons. The van der Waals surface area contributed by atoms with Gasteiger partial charge in [0.05, 0.1) is 22.4 Å². The Morgan fingerprint density at radius 2 is 0.803 bits per heavy atom. The van der Waals surface area contributed by atoms with Crippen molar-refractivity contribution in [1.82, 2.24) is 14.5 Å².